The maximum Gasteiger partial charge on any atom is 0.108 e. The molecule has 0 aromatic carbocycles. The molecule has 0 saturated heterocycles. The highest BCUT2D eigenvalue weighted by molar-refractivity contribution is 7.80. The monoisotopic (exact) mass is 268 g/mol. The fraction of sp³-hybridized carbons (Fsp3) is 0.800. The lowest BCUT2D eigenvalue weighted by Crippen LogP contribution is -2.29. The SMILES string of the molecule is CCCc1nccn1CC(CS)(CCC)CCC. The largest absolute Gasteiger partial charge is 0.334 e. The van der Waals surface area contributed by atoms with Gasteiger partial charge in [-0.15, -0.1) is 0 Å². The fourth-order valence-electron chi connectivity index (χ4n) is 2.85. The van der Waals surface area contributed by atoms with Crippen molar-refractivity contribution in [3.05, 3.63) is 18.2 Å². The van der Waals surface area contributed by atoms with Crippen molar-refractivity contribution in [3.8, 4) is 0 Å². The molecule has 0 bridgehead atoms. The van der Waals surface area contributed by atoms with E-state index in [9.17, 15) is 0 Å². The Bertz CT molecular complexity index is 327. The van der Waals surface area contributed by atoms with Gasteiger partial charge in [-0.3, -0.25) is 0 Å². The molecule has 2 nitrogen and oxygen atoms in total. The van der Waals surface area contributed by atoms with Crippen LogP contribution in [0.15, 0.2) is 12.4 Å². The Morgan fingerprint density at radius 2 is 1.83 bits per heavy atom. The molecule has 0 unspecified atom stereocenters. The van der Waals surface area contributed by atoms with E-state index < -0.39 is 0 Å². The van der Waals surface area contributed by atoms with Crippen molar-refractivity contribution < 1.29 is 0 Å². The summed E-state index contributed by atoms with van der Waals surface area (Å²) in [6.45, 7) is 7.83. The number of hydrogen-bond acceptors (Lipinski definition) is 2. The highest BCUT2D eigenvalue weighted by Crippen LogP contribution is 2.33. The lowest BCUT2D eigenvalue weighted by molar-refractivity contribution is 0.229. The van der Waals surface area contributed by atoms with Gasteiger partial charge in [-0.1, -0.05) is 33.6 Å². The van der Waals surface area contributed by atoms with Crippen molar-refractivity contribution in [2.75, 3.05) is 5.75 Å². The van der Waals surface area contributed by atoms with Crippen LogP contribution < -0.4 is 0 Å². The molecule has 104 valence electrons. The molecule has 0 fully saturated rings. The third-order valence-corrected chi connectivity index (χ3v) is 4.35. The summed E-state index contributed by atoms with van der Waals surface area (Å²) >= 11 is 4.63. The number of aromatic nitrogens is 2. The quantitative estimate of drug-likeness (QED) is 0.659. The number of thiol groups is 1. The van der Waals surface area contributed by atoms with E-state index in [0.29, 0.717) is 5.41 Å². The van der Waals surface area contributed by atoms with Gasteiger partial charge in [0.15, 0.2) is 0 Å². The molecule has 3 heteroatoms. The summed E-state index contributed by atoms with van der Waals surface area (Å²) in [6.07, 6.45) is 11.3. The normalized spacial score (nSPS) is 12.0. The zero-order valence-electron chi connectivity index (χ0n) is 12.2. The number of imidazole rings is 1. The van der Waals surface area contributed by atoms with Crippen molar-refractivity contribution in [2.45, 2.75) is 65.8 Å². The summed E-state index contributed by atoms with van der Waals surface area (Å²) in [5, 5.41) is 0. The minimum Gasteiger partial charge on any atom is -0.334 e. The van der Waals surface area contributed by atoms with E-state index in [1.165, 1.54) is 31.5 Å². The molecule has 1 heterocycles. The average molecular weight is 268 g/mol. The Morgan fingerprint density at radius 1 is 1.17 bits per heavy atom. The number of hydrogen-bond donors (Lipinski definition) is 1. The highest BCUT2D eigenvalue weighted by Gasteiger charge is 2.27. The molecule has 1 aromatic rings. The van der Waals surface area contributed by atoms with E-state index in [4.69, 9.17) is 0 Å². The third kappa shape index (κ3) is 4.04. The summed E-state index contributed by atoms with van der Waals surface area (Å²) in [7, 11) is 0. The van der Waals surface area contributed by atoms with Crippen LogP contribution in [0.5, 0.6) is 0 Å². The van der Waals surface area contributed by atoms with Crippen LogP contribution in [0.25, 0.3) is 0 Å². The molecule has 0 saturated carbocycles. The predicted molar refractivity (Wildman–Crippen MR) is 82.3 cm³/mol. The highest BCUT2D eigenvalue weighted by atomic mass is 32.1. The van der Waals surface area contributed by atoms with Crippen molar-refractivity contribution >= 4 is 12.6 Å². The molecule has 18 heavy (non-hydrogen) atoms. The van der Waals surface area contributed by atoms with Gasteiger partial charge in [-0.05, 0) is 30.4 Å². The molecule has 0 radical (unpaired) electrons. The van der Waals surface area contributed by atoms with Gasteiger partial charge in [0.25, 0.3) is 0 Å². The Balaban J connectivity index is 2.83. The molecule has 1 aromatic heterocycles. The van der Waals surface area contributed by atoms with Gasteiger partial charge in [0.2, 0.25) is 0 Å². The summed E-state index contributed by atoms with van der Waals surface area (Å²) < 4.78 is 2.35. The predicted octanol–water partition coefficient (Wildman–Crippen LogP) is 4.35. The van der Waals surface area contributed by atoms with Crippen LogP contribution in [0.1, 0.15) is 58.7 Å². The molecule has 0 aliphatic carbocycles. The molecular formula is C15H28N2S. The van der Waals surface area contributed by atoms with Crippen molar-refractivity contribution in [2.24, 2.45) is 5.41 Å². The molecule has 0 amide bonds. The molecule has 0 aliphatic heterocycles. The first kappa shape index (κ1) is 15.6. The third-order valence-electron chi connectivity index (χ3n) is 3.68. The maximum absolute atomic E-state index is 4.63. The molecule has 1 rings (SSSR count). The van der Waals surface area contributed by atoms with Crippen LogP contribution in [0, 0.1) is 5.41 Å². The Morgan fingerprint density at radius 3 is 2.33 bits per heavy atom. The zero-order chi connectivity index (χ0) is 13.4. The lowest BCUT2D eigenvalue weighted by Gasteiger charge is -2.33. The minimum absolute atomic E-state index is 0.343. The number of aryl methyl sites for hydroxylation is 1. The maximum atomic E-state index is 4.63. The number of rotatable bonds is 9. The summed E-state index contributed by atoms with van der Waals surface area (Å²) in [5.74, 6) is 2.20. The molecule has 0 spiro atoms. The van der Waals surface area contributed by atoms with E-state index in [1.54, 1.807) is 0 Å². The van der Waals surface area contributed by atoms with Crippen LogP contribution in [0.3, 0.4) is 0 Å². The fourth-order valence-corrected chi connectivity index (χ4v) is 3.27. The van der Waals surface area contributed by atoms with Gasteiger partial charge in [0.05, 0.1) is 0 Å². The topological polar surface area (TPSA) is 17.8 Å². The standard InChI is InChI=1S/C15H28N2S/c1-4-7-14-16-10-11-17(14)12-15(13-18,8-5-2)9-6-3/h10-11,18H,4-9,12-13H2,1-3H3. The molecule has 0 atom stereocenters. The lowest BCUT2D eigenvalue weighted by atomic mass is 9.81. The second kappa shape index (κ2) is 7.88. The van der Waals surface area contributed by atoms with E-state index in [2.05, 4.69) is 49.1 Å². The van der Waals surface area contributed by atoms with E-state index in [1.807, 2.05) is 6.20 Å². The minimum atomic E-state index is 0.343. The van der Waals surface area contributed by atoms with Gasteiger partial charge in [-0.25, -0.2) is 4.98 Å². The number of nitrogens with zero attached hydrogens (tertiary/aromatic N) is 2. The smallest absolute Gasteiger partial charge is 0.108 e. The van der Waals surface area contributed by atoms with Gasteiger partial charge in [0.1, 0.15) is 5.82 Å². The van der Waals surface area contributed by atoms with E-state index in [0.717, 1.165) is 25.1 Å². The van der Waals surface area contributed by atoms with Crippen LogP contribution in [0.2, 0.25) is 0 Å². The van der Waals surface area contributed by atoms with Crippen molar-refractivity contribution in [1.29, 1.82) is 0 Å². The van der Waals surface area contributed by atoms with Gasteiger partial charge >= 0.3 is 0 Å². The van der Waals surface area contributed by atoms with Crippen LogP contribution in [0.4, 0.5) is 0 Å². The second-order valence-electron chi connectivity index (χ2n) is 5.38. The Labute approximate surface area is 118 Å². The molecule has 0 aliphatic rings. The van der Waals surface area contributed by atoms with E-state index in [-0.39, 0.29) is 0 Å². The molecule has 0 N–H and O–H groups in total. The first-order valence-corrected chi connectivity index (χ1v) is 7.95. The first-order valence-electron chi connectivity index (χ1n) is 7.32. The molecular weight excluding hydrogens is 240 g/mol. The zero-order valence-corrected chi connectivity index (χ0v) is 13.0. The Hall–Kier alpha value is -0.440. The Kier molecular flexibility index (Phi) is 6.83. The van der Waals surface area contributed by atoms with Gasteiger partial charge in [0, 0.05) is 25.4 Å². The van der Waals surface area contributed by atoms with Crippen LogP contribution in [-0.2, 0) is 13.0 Å². The van der Waals surface area contributed by atoms with Crippen LogP contribution >= 0.6 is 12.6 Å². The second-order valence-corrected chi connectivity index (χ2v) is 5.70. The van der Waals surface area contributed by atoms with Gasteiger partial charge < -0.3 is 4.57 Å². The summed E-state index contributed by atoms with van der Waals surface area (Å²) in [6, 6.07) is 0. The van der Waals surface area contributed by atoms with E-state index >= 15 is 0 Å². The average Bonchev–Trinajstić information content (AvgIpc) is 2.77. The summed E-state index contributed by atoms with van der Waals surface area (Å²) in [4.78, 5) is 4.48. The summed E-state index contributed by atoms with van der Waals surface area (Å²) in [5.41, 5.74) is 0.343. The van der Waals surface area contributed by atoms with Gasteiger partial charge in [-0.2, -0.15) is 12.6 Å². The van der Waals surface area contributed by atoms with Crippen molar-refractivity contribution in [1.82, 2.24) is 9.55 Å². The first-order chi connectivity index (χ1) is 8.71. The van der Waals surface area contributed by atoms with Crippen molar-refractivity contribution in [3.63, 3.8) is 0 Å². The van der Waals surface area contributed by atoms with Crippen LogP contribution in [-0.4, -0.2) is 15.3 Å².